The quantitative estimate of drug-likeness (QED) is 0.677. The van der Waals surface area contributed by atoms with E-state index in [0.717, 1.165) is 26.2 Å². The summed E-state index contributed by atoms with van der Waals surface area (Å²) >= 11 is 0. The van der Waals surface area contributed by atoms with E-state index in [1.54, 1.807) is 6.92 Å². The maximum atomic E-state index is 12.7. The Morgan fingerprint density at radius 2 is 1.86 bits per heavy atom. The molecule has 8 heteroatoms. The molecule has 0 saturated carbocycles. The minimum atomic E-state index is -3.21. The van der Waals surface area contributed by atoms with Gasteiger partial charge in [-0.25, -0.2) is 8.42 Å². The molecule has 7 nitrogen and oxygen atoms in total. The Balaban J connectivity index is 1.66. The van der Waals surface area contributed by atoms with Gasteiger partial charge in [0, 0.05) is 39.3 Å². The van der Waals surface area contributed by atoms with Crippen LogP contribution >= 0.6 is 0 Å². The van der Waals surface area contributed by atoms with E-state index in [9.17, 15) is 13.2 Å². The molecule has 0 aromatic carbocycles. The number of ether oxygens (including phenoxy) is 1. The van der Waals surface area contributed by atoms with Gasteiger partial charge in [-0.15, -0.1) is 0 Å². The van der Waals surface area contributed by atoms with Crippen molar-refractivity contribution in [3.05, 3.63) is 0 Å². The second-order valence-corrected chi connectivity index (χ2v) is 8.74. The average Bonchev–Trinajstić information content (AvgIpc) is 2.81. The summed E-state index contributed by atoms with van der Waals surface area (Å²) in [5.74, 6) is 0.0468. The molecule has 3 aliphatic heterocycles. The molecule has 3 heterocycles. The highest BCUT2D eigenvalue weighted by molar-refractivity contribution is 7.89. The lowest BCUT2D eigenvalue weighted by Crippen LogP contribution is -2.51. The molecule has 0 spiro atoms. The van der Waals surface area contributed by atoms with Crippen molar-refractivity contribution in [2.45, 2.75) is 25.6 Å². The van der Waals surface area contributed by atoms with E-state index in [1.807, 2.05) is 4.90 Å². The minimum absolute atomic E-state index is 0.101. The molecule has 3 fully saturated rings. The molecule has 126 valence electrons. The van der Waals surface area contributed by atoms with Gasteiger partial charge in [0.15, 0.2) is 0 Å². The van der Waals surface area contributed by atoms with Crippen LogP contribution in [0.2, 0.25) is 0 Å². The van der Waals surface area contributed by atoms with Gasteiger partial charge in [0.1, 0.15) is 0 Å². The second kappa shape index (κ2) is 6.07. The average molecular weight is 331 g/mol. The fourth-order valence-corrected chi connectivity index (χ4v) is 4.69. The maximum absolute atomic E-state index is 12.7. The molecule has 0 aromatic heterocycles. The molecule has 2 bridgehead atoms. The third kappa shape index (κ3) is 3.02. The standard InChI is InChI=1S/C14H25N3O4S/c1-3-22(19,20)17-9-11-8-12(13(10-17)21-11)14(18)16-6-4-15(2)5-7-16/h11-13H,3-10H2,1-2H3/t11-,12+,13-/m0/s1. The van der Waals surface area contributed by atoms with E-state index < -0.39 is 10.0 Å². The van der Waals surface area contributed by atoms with Crippen molar-refractivity contribution in [2.24, 2.45) is 5.92 Å². The first-order valence-corrected chi connectivity index (χ1v) is 9.62. The van der Waals surface area contributed by atoms with Crippen molar-refractivity contribution in [1.82, 2.24) is 14.1 Å². The van der Waals surface area contributed by atoms with Gasteiger partial charge in [-0.05, 0) is 20.4 Å². The summed E-state index contributed by atoms with van der Waals surface area (Å²) in [6.07, 6.45) is 0.222. The Labute approximate surface area is 132 Å². The number of amides is 1. The zero-order valence-electron chi connectivity index (χ0n) is 13.3. The van der Waals surface area contributed by atoms with Gasteiger partial charge in [-0.1, -0.05) is 0 Å². The highest BCUT2D eigenvalue weighted by Crippen LogP contribution is 2.34. The minimum Gasteiger partial charge on any atom is -0.371 e. The number of hydrogen-bond donors (Lipinski definition) is 0. The number of nitrogens with zero attached hydrogens (tertiary/aromatic N) is 3. The lowest BCUT2D eigenvalue weighted by atomic mass is 9.98. The van der Waals surface area contributed by atoms with Crippen LogP contribution in [0.15, 0.2) is 0 Å². The molecule has 3 rings (SSSR count). The molecule has 3 saturated heterocycles. The van der Waals surface area contributed by atoms with Gasteiger partial charge >= 0.3 is 0 Å². The van der Waals surface area contributed by atoms with Crippen molar-refractivity contribution >= 4 is 15.9 Å². The van der Waals surface area contributed by atoms with Crippen LogP contribution in [-0.4, -0.2) is 92.7 Å². The van der Waals surface area contributed by atoms with E-state index in [1.165, 1.54) is 4.31 Å². The normalized spacial score (nSPS) is 34.1. The summed E-state index contributed by atoms with van der Waals surface area (Å²) in [6, 6.07) is 0. The summed E-state index contributed by atoms with van der Waals surface area (Å²) in [5.41, 5.74) is 0. The third-order valence-electron chi connectivity index (χ3n) is 5.01. The van der Waals surface area contributed by atoms with Crippen molar-refractivity contribution in [3.8, 4) is 0 Å². The van der Waals surface area contributed by atoms with Crippen LogP contribution in [0.3, 0.4) is 0 Å². The number of sulfonamides is 1. The second-order valence-electron chi connectivity index (χ2n) is 6.48. The van der Waals surface area contributed by atoms with Gasteiger partial charge < -0.3 is 14.5 Å². The van der Waals surface area contributed by atoms with Crippen molar-refractivity contribution in [2.75, 3.05) is 52.1 Å². The monoisotopic (exact) mass is 331 g/mol. The van der Waals surface area contributed by atoms with E-state index in [-0.39, 0.29) is 29.8 Å². The summed E-state index contributed by atoms with van der Waals surface area (Å²) in [7, 11) is -1.15. The first-order chi connectivity index (χ1) is 10.4. The first-order valence-electron chi connectivity index (χ1n) is 8.01. The fraction of sp³-hybridized carbons (Fsp3) is 0.929. The van der Waals surface area contributed by atoms with Gasteiger partial charge in [0.2, 0.25) is 15.9 Å². The van der Waals surface area contributed by atoms with E-state index >= 15 is 0 Å². The molecule has 0 N–H and O–H groups in total. The Kier molecular flexibility index (Phi) is 4.46. The summed E-state index contributed by atoms with van der Waals surface area (Å²) in [5, 5.41) is 0. The number of piperazine rings is 1. The molecule has 0 radical (unpaired) electrons. The van der Waals surface area contributed by atoms with Crippen LogP contribution in [0.4, 0.5) is 0 Å². The number of likely N-dealkylation sites (N-methyl/N-ethyl adjacent to an activating group) is 1. The fourth-order valence-electron chi connectivity index (χ4n) is 3.55. The lowest BCUT2D eigenvalue weighted by molar-refractivity contribution is -0.139. The van der Waals surface area contributed by atoms with Crippen LogP contribution in [0.25, 0.3) is 0 Å². The van der Waals surface area contributed by atoms with Gasteiger partial charge in [0.25, 0.3) is 0 Å². The number of fused-ring (bicyclic) bond motifs is 2. The number of carbonyl (C=O) groups excluding carboxylic acids is 1. The van der Waals surface area contributed by atoms with E-state index in [2.05, 4.69) is 11.9 Å². The zero-order valence-corrected chi connectivity index (χ0v) is 14.1. The smallest absolute Gasteiger partial charge is 0.228 e. The van der Waals surface area contributed by atoms with Crippen LogP contribution in [0.5, 0.6) is 0 Å². The summed E-state index contributed by atoms with van der Waals surface area (Å²) in [4.78, 5) is 16.9. The third-order valence-corrected chi connectivity index (χ3v) is 6.83. The number of hydrogen-bond acceptors (Lipinski definition) is 5. The van der Waals surface area contributed by atoms with Crippen molar-refractivity contribution in [3.63, 3.8) is 0 Å². The van der Waals surface area contributed by atoms with Crippen LogP contribution in [0.1, 0.15) is 13.3 Å². The Bertz CT molecular complexity index is 530. The molecular formula is C14H25N3O4S. The number of rotatable bonds is 3. The molecule has 0 aromatic rings. The maximum Gasteiger partial charge on any atom is 0.228 e. The van der Waals surface area contributed by atoms with Gasteiger partial charge in [-0.2, -0.15) is 4.31 Å². The highest BCUT2D eigenvalue weighted by Gasteiger charge is 2.48. The summed E-state index contributed by atoms with van der Waals surface area (Å²) < 4.78 is 31.5. The molecule has 0 unspecified atom stereocenters. The highest BCUT2D eigenvalue weighted by atomic mass is 32.2. The molecule has 3 atom stereocenters. The van der Waals surface area contributed by atoms with E-state index in [4.69, 9.17) is 4.74 Å². The number of carbonyl (C=O) groups is 1. The molecule has 22 heavy (non-hydrogen) atoms. The van der Waals surface area contributed by atoms with Crippen LogP contribution in [0, 0.1) is 5.92 Å². The lowest BCUT2D eigenvalue weighted by Gasteiger charge is -2.35. The topological polar surface area (TPSA) is 70.2 Å². The zero-order chi connectivity index (χ0) is 15.9. The SMILES string of the molecule is CCS(=O)(=O)N1C[C@@H]2C[C@@H](C(=O)N3CCN(C)CC3)[C@H](C1)O2. The van der Waals surface area contributed by atoms with Gasteiger partial charge in [-0.3, -0.25) is 4.79 Å². The van der Waals surface area contributed by atoms with Crippen LogP contribution < -0.4 is 0 Å². The largest absolute Gasteiger partial charge is 0.371 e. The molecule has 0 aliphatic carbocycles. The van der Waals surface area contributed by atoms with Crippen molar-refractivity contribution < 1.29 is 17.9 Å². The Morgan fingerprint density at radius 3 is 2.50 bits per heavy atom. The Hall–Kier alpha value is -0.700. The van der Waals surface area contributed by atoms with Crippen LogP contribution in [-0.2, 0) is 19.6 Å². The molecular weight excluding hydrogens is 306 g/mol. The predicted molar refractivity (Wildman–Crippen MR) is 81.9 cm³/mol. The number of morpholine rings is 1. The molecule has 1 amide bonds. The Morgan fingerprint density at radius 1 is 1.18 bits per heavy atom. The summed E-state index contributed by atoms with van der Waals surface area (Å²) in [6.45, 7) is 5.64. The van der Waals surface area contributed by atoms with Crippen molar-refractivity contribution in [1.29, 1.82) is 0 Å². The first kappa shape index (κ1) is 16.2. The predicted octanol–water partition coefficient (Wildman–Crippen LogP) is -0.801. The van der Waals surface area contributed by atoms with Gasteiger partial charge in [0.05, 0.1) is 23.9 Å². The molecule has 3 aliphatic rings. The van der Waals surface area contributed by atoms with E-state index in [0.29, 0.717) is 19.5 Å².